The van der Waals surface area contributed by atoms with Crippen LogP contribution in [0.15, 0.2) is 25.5 Å². The molecule has 0 radical (unpaired) electrons. The van der Waals surface area contributed by atoms with Crippen LogP contribution in [0.1, 0.15) is 17.4 Å². The van der Waals surface area contributed by atoms with Crippen LogP contribution >= 0.6 is 0 Å². The van der Waals surface area contributed by atoms with Crippen molar-refractivity contribution in [1.29, 1.82) is 0 Å². The first-order valence-corrected chi connectivity index (χ1v) is 7.15. The number of rotatable bonds is 3. The van der Waals surface area contributed by atoms with Gasteiger partial charge >= 0.3 is 0 Å². The van der Waals surface area contributed by atoms with Crippen LogP contribution in [-0.2, 0) is 6.54 Å². The number of nitrogens with two attached hydrogens (primary N) is 1. The Morgan fingerprint density at radius 3 is 2.43 bits per heavy atom. The molecule has 0 saturated heterocycles. The third-order valence-corrected chi connectivity index (χ3v) is 3.73. The zero-order chi connectivity index (χ0) is 16.1. The van der Waals surface area contributed by atoms with Gasteiger partial charge in [0.2, 0.25) is 11.7 Å². The van der Waals surface area contributed by atoms with E-state index in [2.05, 4.69) is 10.1 Å². The number of aryl methyl sites for hydroxylation is 2. The van der Waals surface area contributed by atoms with Crippen LogP contribution < -0.4 is 10.5 Å². The molecule has 1 aromatic carbocycles. The number of benzene rings is 1. The molecule has 0 aliphatic heterocycles. The highest BCUT2D eigenvalue weighted by Crippen LogP contribution is 2.44. The van der Waals surface area contributed by atoms with Crippen molar-refractivity contribution in [2.75, 3.05) is 7.11 Å². The Morgan fingerprint density at radius 2 is 1.78 bits per heavy atom. The number of hydrogen-bond acceptors (Lipinski definition) is 7. The molecule has 4 rings (SSSR count). The fraction of sp³-hybridized carbons (Fsp3) is 0.250. The lowest BCUT2D eigenvalue weighted by Gasteiger charge is -2.05. The number of hydrogen-bond donors (Lipinski definition) is 1. The molecule has 118 valence electrons. The summed E-state index contributed by atoms with van der Waals surface area (Å²) in [6.45, 7) is 3.92. The topological polar surface area (TPSA) is 100 Å². The van der Waals surface area contributed by atoms with Crippen molar-refractivity contribution < 1.29 is 18.1 Å². The van der Waals surface area contributed by atoms with Gasteiger partial charge in [0.05, 0.1) is 24.6 Å². The summed E-state index contributed by atoms with van der Waals surface area (Å²) in [5.41, 5.74) is 7.54. The molecular formula is C16H15N3O4. The summed E-state index contributed by atoms with van der Waals surface area (Å²) in [4.78, 5) is 4.33. The second kappa shape index (κ2) is 4.85. The van der Waals surface area contributed by atoms with Gasteiger partial charge < -0.3 is 23.8 Å². The van der Waals surface area contributed by atoms with Crippen molar-refractivity contribution in [2.45, 2.75) is 20.4 Å². The van der Waals surface area contributed by atoms with Crippen molar-refractivity contribution in [3.8, 4) is 17.1 Å². The van der Waals surface area contributed by atoms with E-state index in [9.17, 15) is 0 Å². The molecule has 0 atom stereocenters. The normalized spacial score (nSPS) is 11.7. The van der Waals surface area contributed by atoms with E-state index >= 15 is 0 Å². The van der Waals surface area contributed by atoms with Gasteiger partial charge in [-0.15, -0.1) is 0 Å². The number of furan rings is 2. The summed E-state index contributed by atoms with van der Waals surface area (Å²) in [6, 6.07) is 3.81. The maximum Gasteiger partial charge on any atom is 0.240 e. The molecule has 0 bridgehead atoms. The van der Waals surface area contributed by atoms with E-state index in [1.165, 1.54) is 0 Å². The number of nitrogens with zero attached hydrogens (tertiary/aromatic N) is 2. The zero-order valence-corrected chi connectivity index (χ0v) is 13.0. The highest BCUT2D eigenvalue weighted by Gasteiger charge is 2.25. The molecule has 2 N–H and O–H groups in total. The van der Waals surface area contributed by atoms with Gasteiger partial charge in [0.15, 0.2) is 11.3 Å². The van der Waals surface area contributed by atoms with Gasteiger partial charge in [0, 0.05) is 5.39 Å². The first-order valence-electron chi connectivity index (χ1n) is 7.15. The van der Waals surface area contributed by atoms with Crippen molar-refractivity contribution in [3.63, 3.8) is 0 Å². The third kappa shape index (κ3) is 1.93. The lowest BCUT2D eigenvalue weighted by Crippen LogP contribution is -1.95. The molecule has 4 aromatic rings. The second-order valence-corrected chi connectivity index (χ2v) is 5.32. The molecule has 3 heterocycles. The zero-order valence-electron chi connectivity index (χ0n) is 13.0. The molecule has 0 saturated carbocycles. The molecule has 0 amide bonds. The summed E-state index contributed by atoms with van der Waals surface area (Å²) in [6.07, 6.45) is 0. The highest BCUT2D eigenvalue weighted by atomic mass is 16.5. The summed E-state index contributed by atoms with van der Waals surface area (Å²) < 4.78 is 22.4. The quantitative estimate of drug-likeness (QED) is 0.619. The molecule has 0 aliphatic carbocycles. The van der Waals surface area contributed by atoms with Crippen LogP contribution in [0, 0.1) is 13.8 Å². The summed E-state index contributed by atoms with van der Waals surface area (Å²) in [7, 11) is 1.61. The van der Waals surface area contributed by atoms with Gasteiger partial charge in [-0.1, -0.05) is 5.16 Å². The lowest BCUT2D eigenvalue weighted by atomic mass is 10.1. The fourth-order valence-corrected chi connectivity index (χ4v) is 2.85. The minimum Gasteiger partial charge on any atom is -0.492 e. The third-order valence-electron chi connectivity index (χ3n) is 3.73. The Balaban J connectivity index is 2.18. The molecule has 0 spiro atoms. The van der Waals surface area contributed by atoms with Crippen LogP contribution in [0.4, 0.5) is 0 Å². The SMILES string of the molecule is COc1c2cc(C)oc2c(-c2noc(CN)n2)c2cc(C)oc12. The number of fused-ring (bicyclic) bond motifs is 2. The number of methoxy groups -OCH3 is 1. The molecule has 3 aromatic heterocycles. The van der Waals surface area contributed by atoms with Gasteiger partial charge in [-0.2, -0.15) is 4.98 Å². The van der Waals surface area contributed by atoms with Gasteiger partial charge in [-0.05, 0) is 26.0 Å². The van der Waals surface area contributed by atoms with Gasteiger partial charge in [-0.3, -0.25) is 0 Å². The Labute approximate surface area is 131 Å². The number of ether oxygens (including phenoxy) is 1. The van der Waals surface area contributed by atoms with Gasteiger partial charge in [-0.25, -0.2) is 0 Å². The van der Waals surface area contributed by atoms with Gasteiger partial charge in [0.25, 0.3) is 0 Å². The van der Waals surface area contributed by atoms with E-state index in [0.29, 0.717) is 34.2 Å². The standard InChI is InChI=1S/C16H15N3O4/c1-7-4-9-12(16-18-11(6-17)23-19-16)13-10(5-8(2)21-13)14(20-3)15(9)22-7/h4-5H,6,17H2,1-3H3. The minimum atomic E-state index is 0.178. The molecule has 23 heavy (non-hydrogen) atoms. The number of aromatic nitrogens is 2. The van der Waals surface area contributed by atoms with Crippen LogP contribution in [0.25, 0.3) is 33.3 Å². The van der Waals surface area contributed by atoms with E-state index in [1.807, 2.05) is 26.0 Å². The summed E-state index contributed by atoms with van der Waals surface area (Å²) in [5, 5.41) is 5.64. The monoisotopic (exact) mass is 313 g/mol. The lowest BCUT2D eigenvalue weighted by molar-refractivity contribution is 0.380. The van der Waals surface area contributed by atoms with Crippen LogP contribution in [0.2, 0.25) is 0 Å². The molecule has 0 unspecified atom stereocenters. The van der Waals surface area contributed by atoms with Crippen LogP contribution in [0.3, 0.4) is 0 Å². The summed E-state index contributed by atoms with van der Waals surface area (Å²) >= 11 is 0. The fourth-order valence-electron chi connectivity index (χ4n) is 2.85. The maximum absolute atomic E-state index is 5.88. The molecule has 7 nitrogen and oxygen atoms in total. The van der Waals surface area contributed by atoms with E-state index in [0.717, 1.165) is 22.3 Å². The largest absolute Gasteiger partial charge is 0.492 e. The maximum atomic E-state index is 5.88. The van der Waals surface area contributed by atoms with E-state index in [4.69, 9.17) is 23.8 Å². The van der Waals surface area contributed by atoms with Crippen LogP contribution in [0.5, 0.6) is 5.75 Å². The van der Waals surface area contributed by atoms with Gasteiger partial charge in [0.1, 0.15) is 17.1 Å². The predicted molar refractivity (Wildman–Crippen MR) is 83.2 cm³/mol. The van der Waals surface area contributed by atoms with Crippen molar-refractivity contribution in [2.24, 2.45) is 5.73 Å². The average Bonchev–Trinajstić information content (AvgIpc) is 3.21. The molecule has 7 heteroatoms. The first-order chi connectivity index (χ1) is 11.1. The Kier molecular flexibility index (Phi) is 2.92. The highest BCUT2D eigenvalue weighted by molar-refractivity contribution is 6.12. The molecule has 0 aliphatic rings. The first kappa shape index (κ1) is 13.8. The second-order valence-electron chi connectivity index (χ2n) is 5.32. The van der Waals surface area contributed by atoms with Crippen molar-refractivity contribution in [1.82, 2.24) is 10.1 Å². The van der Waals surface area contributed by atoms with E-state index in [-0.39, 0.29) is 6.54 Å². The Morgan fingerprint density at radius 1 is 1.09 bits per heavy atom. The molecule has 0 fully saturated rings. The van der Waals surface area contributed by atoms with E-state index in [1.54, 1.807) is 7.11 Å². The van der Waals surface area contributed by atoms with E-state index < -0.39 is 0 Å². The molecular weight excluding hydrogens is 298 g/mol. The Hall–Kier alpha value is -2.80. The smallest absolute Gasteiger partial charge is 0.240 e. The summed E-state index contributed by atoms with van der Waals surface area (Å²) in [5.74, 6) is 2.92. The van der Waals surface area contributed by atoms with Crippen LogP contribution in [-0.4, -0.2) is 17.3 Å². The average molecular weight is 313 g/mol. The Bertz CT molecular complexity index is 967. The van der Waals surface area contributed by atoms with Crippen molar-refractivity contribution in [3.05, 3.63) is 29.5 Å². The predicted octanol–water partition coefficient (Wildman–Crippen LogP) is 3.31. The van der Waals surface area contributed by atoms with Crippen molar-refractivity contribution >= 4 is 21.9 Å². The minimum absolute atomic E-state index is 0.178.